The lowest BCUT2D eigenvalue weighted by molar-refractivity contribution is -0.140. The molecule has 0 radical (unpaired) electrons. The normalized spacial score (nSPS) is 12.2. The van der Waals surface area contributed by atoms with Gasteiger partial charge in [-0.05, 0) is 44.0 Å². The van der Waals surface area contributed by atoms with Crippen LogP contribution in [-0.2, 0) is 26.2 Å². The first-order valence-corrected chi connectivity index (χ1v) is 13.2. The van der Waals surface area contributed by atoms with Gasteiger partial charge < -0.3 is 15.0 Å². The number of carbonyl (C=O) groups is 2. The molecule has 0 aliphatic carbocycles. The topological polar surface area (TPSA) is 96.0 Å². The Morgan fingerprint density at radius 3 is 2.35 bits per heavy atom. The van der Waals surface area contributed by atoms with Crippen LogP contribution >= 0.6 is 11.6 Å². The van der Waals surface area contributed by atoms with Crippen molar-refractivity contribution in [3.8, 4) is 5.75 Å². The molecule has 2 rings (SSSR count). The first-order valence-electron chi connectivity index (χ1n) is 10.9. The van der Waals surface area contributed by atoms with E-state index in [0.717, 1.165) is 10.6 Å². The summed E-state index contributed by atoms with van der Waals surface area (Å²) in [5.41, 5.74) is 0.938. The Bertz CT molecular complexity index is 1110. The van der Waals surface area contributed by atoms with Crippen LogP contribution in [0.1, 0.15) is 32.8 Å². The summed E-state index contributed by atoms with van der Waals surface area (Å²) < 4.78 is 31.5. The van der Waals surface area contributed by atoms with Crippen LogP contribution in [0.4, 0.5) is 5.69 Å². The second kappa shape index (κ2) is 12.1. The van der Waals surface area contributed by atoms with Gasteiger partial charge in [0.05, 0.1) is 19.1 Å². The van der Waals surface area contributed by atoms with E-state index in [1.54, 1.807) is 49.4 Å². The average molecular weight is 510 g/mol. The number of rotatable bonds is 11. The number of ether oxygens (including phenoxy) is 1. The molecule has 0 heterocycles. The number of methoxy groups -OCH3 is 1. The van der Waals surface area contributed by atoms with Crippen LogP contribution in [0, 0.1) is 0 Å². The van der Waals surface area contributed by atoms with Crippen molar-refractivity contribution in [3.63, 3.8) is 0 Å². The van der Waals surface area contributed by atoms with Crippen molar-refractivity contribution in [2.45, 2.75) is 45.8 Å². The minimum absolute atomic E-state index is 0.0538. The Hall–Kier alpha value is -2.78. The molecule has 0 bridgehead atoms. The second-order valence-corrected chi connectivity index (χ2v) is 10.5. The quantitative estimate of drug-likeness (QED) is 0.500. The van der Waals surface area contributed by atoms with E-state index in [1.807, 2.05) is 13.8 Å². The highest BCUT2D eigenvalue weighted by atomic mass is 35.5. The van der Waals surface area contributed by atoms with Gasteiger partial charge in [-0.1, -0.05) is 42.8 Å². The molecule has 10 heteroatoms. The van der Waals surface area contributed by atoms with Crippen molar-refractivity contribution < 1.29 is 22.7 Å². The Kier molecular flexibility index (Phi) is 9.76. The van der Waals surface area contributed by atoms with Crippen LogP contribution < -0.4 is 14.4 Å². The fraction of sp³-hybridized carbons (Fsp3) is 0.417. The smallest absolute Gasteiger partial charge is 0.244 e. The van der Waals surface area contributed by atoms with E-state index >= 15 is 0 Å². The van der Waals surface area contributed by atoms with E-state index in [2.05, 4.69) is 5.32 Å². The molecule has 0 fully saturated rings. The van der Waals surface area contributed by atoms with Crippen LogP contribution in [0.15, 0.2) is 48.5 Å². The summed E-state index contributed by atoms with van der Waals surface area (Å²) in [7, 11) is -2.35. The van der Waals surface area contributed by atoms with E-state index in [1.165, 1.54) is 18.1 Å². The molecule has 186 valence electrons. The van der Waals surface area contributed by atoms with Gasteiger partial charge in [0.15, 0.2) is 0 Å². The van der Waals surface area contributed by atoms with E-state index in [9.17, 15) is 18.0 Å². The van der Waals surface area contributed by atoms with Gasteiger partial charge in [0.1, 0.15) is 18.3 Å². The molecule has 0 aliphatic rings. The number of benzene rings is 2. The molecule has 34 heavy (non-hydrogen) atoms. The summed E-state index contributed by atoms with van der Waals surface area (Å²) in [6.45, 7) is 5.03. The van der Waals surface area contributed by atoms with Crippen LogP contribution in [0.5, 0.6) is 5.75 Å². The van der Waals surface area contributed by atoms with Crippen molar-refractivity contribution in [1.82, 2.24) is 10.2 Å². The van der Waals surface area contributed by atoms with Gasteiger partial charge in [-0.25, -0.2) is 8.42 Å². The Morgan fingerprint density at radius 2 is 1.79 bits per heavy atom. The zero-order valence-corrected chi connectivity index (χ0v) is 21.7. The SMILES string of the molecule is CCC(C(=O)NC(C)C)N(Cc1ccccc1Cl)C(=O)CN(c1cccc(OC)c1)S(C)(=O)=O. The molecule has 2 aromatic rings. The standard InChI is InChI=1S/C24H32ClN3O5S/c1-6-22(24(30)26-17(2)3)27(15-18-10-7-8-13-21(18)25)23(29)16-28(34(5,31)32)19-11-9-12-20(14-19)33-4/h7-14,17,22H,6,15-16H2,1-5H3,(H,26,30). The highest BCUT2D eigenvalue weighted by molar-refractivity contribution is 7.92. The summed E-state index contributed by atoms with van der Waals surface area (Å²) in [5, 5.41) is 3.30. The fourth-order valence-electron chi connectivity index (χ4n) is 3.49. The molecule has 2 amide bonds. The maximum Gasteiger partial charge on any atom is 0.244 e. The van der Waals surface area contributed by atoms with E-state index in [0.29, 0.717) is 22.8 Å². The van der Waals surface area contributed by atoms with Crippen LogP contribution in [0.2, 0.25) is 5.02 Å². The predicted octanol–water partition coefficient (Wildman–Crippen LogP) is 3.45. The number of anilines is 1. The third kappa shape index (κ3) is 7.36. The molecule has 0 saturated heterocycles. The minimum Gasteiger partial charge on any atom is -0.497 e. The molecule has 0 saturated carbocycles. The summed E-state index contributed by atoms with van der Waals surface area (Å²) >= 11 is 6.33. The minimum atomic E-state index is -3.82. The van der Waals surface area contributed by atoms with Gasteiger partial charge in [-0.15, -0.1) is 0 Å². The van der Waals surface area contributed by atoms with Crippen molar-refractivity contribution in [2.24, 2.45) is 0 Å². The largest absolute Gasteiger partial charge is 0.497 e. The zero-order chi connectivity index (χ0) is 25.5. The number of amides is 2. The van der Waals surface area contributed by atoms with Gasteiger partial charge in [0.25, 0.3) is 0 Å². The monoisotopic (exact) mass is 509 g/mol. The maximum absolute atomic E-state index is 13.6. The van der Waals surface area contributed by atoms with Gasteiger partial charge in [-0.3, -0.25) is 13.9 Å². The molecule has 0 aliphatic heterocycles. The number of halogens is 1. The highest BCUT2D eigenvalue weighted by Crippen LogP contribution is 2.25. The fourth-order valence-corrected chi connectivity index (χ4v) is 4.53. The molecule has 2 aromatic carbocycles. The number of carbonyl (C=O) groups excluding carboxylic acids is 2. The Balaban J connectivity index is 2.47. The van der Waals surface area contributed by atoms with E-state index in [-0.39, 0.29) is 24.2 Å². The lowest BCUT2D eigenvalue weighted by Gasteiger charge is -2.33. The molecule has 1 atom stereocenters. The number of sulfonamides is 1. The third-order valence-electron chi connectivity index (χ3n) is 5.14. The lowest BCUT2D eigenvalue weighted by Crippen LogP contribution is -2.53. The van der Waals surface area contributed by atoms with Crippen LogP contribution in [0.25, 0.3) is 0 Å². The molecule has 0 aromatic heterocycles. The van der Waals surface area contributed by atoms with Gasteiger partial charge in [0.2, 0.25) is 21.8 Å². The Morgan fingerprint density at radius 1 is 1.12 bits per heavy atom. The van der Waals surface area contributed by atoms with E-state index in [4.69, 9.17) is 16.3 Å². The molecular weight excluding hydrogens is 478 g/mol. The van der Waals surface area contributed by atoms with Crippen molar-refractivity contribution in [2.75, 3.05) is 24.2 Å². The summed E-state index contributed by atoms with van der Waals surface area (Å²) in [5.74, 6) is -0.390. The maximum atomic E-state index is 13.6. The van der Waals surface area contributed by atoms with Gasteiger partial charge >= 0.3 is 0 Å². The zero-order valence-electron chi connectivity index (χ0n) is 20.1. The lowest BCUT2D eigenvalue weighted by atomic mass is 10.1. The molecule has 8 nitrogen and oxygen atoms in total. The summed E-state index contributed by atoms with van der Waals surface area (Å²) in [6, 6.07) is 12.5. The number of nitrogens with zero attached hydrogens (tertiary/aromatic N) is 2. The van der Waals surface area contributed by atoms with Crippen LogP contribution in [0.3, 0.4) is 0 Å². The van der Waals surface area contributed by atoms with Crippen molar-refractivity contribution in [1.29, 1.82) is 0 Å². The van der Waals surface area contributed by atoms with Gasteiger partial charge in [0, 0.05) is 23.7 Å². The number of nitrogens with one attached hydrogen (secondary N) is 1. The highest BCUT2D eigenvalue weighted by Gasteiger charge is 2.32. The summed E-state index contributed by atoms with van der Waals surface area (Å²) in [6.07, 6.45) is 1.37. The number of hydrogen-bond acceptors (Lipinski definition) is 5. The van der Waals surface area contributed by atoms with E-state index < -0.39 is 28.5 Å². The third-order valence-corrected chi connectivity index (χ3v) is 6.65. The molecular formula is C24H32ClN3O5S. The molecule has 1 N–H and O–H groups in total. The average Bonchev–Trinajstić information content (AvgIpc) is 2.77. The summed E-state index contributed by atoms with van der Waals surface area (Å²) in [4.78, 5) is 27.9. The first-order chi connectivity index (χ1) is 16.0. The van der Waals surface area contributed by atoms with Crippen molar-refractivity contribution in [3.05, 3.63) is 59.1 Å². The van der Waals surface area contributed by atoms with Gasteiger partial charge in [-0.2, -0.15) is 0 Å². The second-order valence-electron chi connectivity index (χ2n) is 8.17. The number of hydrogen-bond donors (Lipinski definition) is 1. The molecule has 1 unspecified atom stereocenters. The predicted molar refractivity (Wildman–Crippen MR) is 135 cm³/mol. The van der Waals surface area contributed by atoms with Crippen molar-refractivity contribution >= 4 is 39.1 Å². The van der Waals surface area contributed by atoms with Crippen LogP contribution in [-0.4, -0.2) is 57.1 Å². The first kappa shape index (κ1) is 27.5. The Labute approximate surface area is 206 Å². The molecule has 0 spiro atoms.